The number of nitriles is 1. The standard InChI is InChI=1S/C24H22F3N5O3/c25-24(26,27)21-30-18(31-35-21)13-5-6-14-8-32(19(33)15(14)7-13)17-4-2-1-3-16(17)29-20(34)23-9-22(10-23,11-23)12-28/h5-7,16-17H,1-4,8-11H2,(H,29,34)/t16-,17-,22?,23?/m1/s1. The van der Waals surface area contributed by atoms with Crippen LogP contribution < -0.4 is 5.32 Å². The zero-order chi connectivity index (χ0) is 24.6. The lowest BCUT2D eigenvalue weighted by Crippen LogP contribution is -2.69. The van der Waals surface area contributed by atoms with Gasteiger partial charge in [0.2, 0.25) is 11.7 Å². The molecule has 0 spiro atoms. The van der Waals surface area contributed by atoms with E-state index in [1.165, 1.54) is 6.07 Å². The van der Waals surface area contributed by atoms with Gasteiger partial charge in [0.1, 0.15) is 0 Å². The number of carbonyl (C=O) groups excluding carboxylic acids is 2. The topological polar surface area (TPSA) is 112 Å². The molecule has 8 nitrogen and oxygen atoms in total. The van der Waals surface area contributed by atoms with Gasteiger partial charge in [0, 0.05) is 23.7 Å². The number of hydrogen-bond donors (Lipinski definition) is 1. The molecule has 4 saturated carbocycles. The quantitative estimate of drug-likeness (QED) is 0.705. The summed E-state index contributed by atoms with van der Waals surface area (Å²) in [5.41, 5.74) is 0.690. The maximum atomic E-state index is 13.4. The summed E-state index contributed by atoms with van der Waals surface area (Å²) in [6.07, 6.45) is 0.512. The van der Waals surface area contributed by atoms with Crippen LogP contribution >= 0.6 is 0 Å². The van der Waals surface area contributed by atoms with Gasteiger partial charge in [-0.25, -0.2) is 0 Å². The fourth-order valence-electron chi connectivity index (χ4n) is 6.31. The molecule has 0 saturated heterocycles. The van der Waals surface area contributed by atoms with Crippen LogP contribution in [-0.4, -0.2) is 38.9 Å². The summed E-state index contributed by atoms with van der Waals surface area (Å²) in [5, 5.41) is 15.8. The molecule has 5 aliphatic rings. The normalized spacial score (nSPS) is 31.3. The third-order valence-corrected chi connectivity index (χ3v) is 8.06. The summed E-state index contributed by atoms with van der Waals surface area (Å²) in [6, 6.07) is 6.75. The van der Waals surface area contributed by atoms with Gasteiger partial charge in [-0.15, -0.1) is 0 Å². The highest BCUT2D eigenvalue weighted by Gasteiger charge is 2.72. The molecule has 2 amide bonds. The minimum Gasteiger partial charge on any atom is -0.351 e. The minimum atomic E-state index is -4.75. The van der Waals surface area contributed by atoms with Crippen LogP contribution in [0, 0.1) is 22.2 Å². The lowest BCUT2D eigenvalue weighted by Gasteiger charge is -2.65. The van der Waals surface area contributed by atoms with Crippen molar-refractivity contribution >= 4 is 11.8 Å². The molecule has 1 aromatic carbocycles. The van der Waals surface area contributed by atoms with Gasteiger partial charge in [0.25, 0.3) is 5.91 Å². The summed E-state index contributed by atoms with van der Waals surface area (Å²) in [4.78, 5) is 31.6. The fourth-order valence-corrected chi connectivity index (χ4v) is 6.31. The number of fused-ring (bicyclic) bond motifs is 1. The molecule has 2 atom stereocenters. The van der Waals surface area contributed by atoms with Crippen molar-refractivity contribution in [2.24, 2.45) is 10.8 Å². The monoisotopic (exact) mass is 485 g/mol. The second kappa shape index (κ2) is 7.29. The number of benzene rings is 1. The minimum absolute atomic E-state index is 0.0180. The van der Waals surface area contributed by atoms with Gasteiger partial charge in [-0.05, 0) is 43.7 Å². The molecule has 1 N–H and O–H groups in total. The van der Waals surface area contributed by atoms with Crippen LogP contribution in [0.1, 0.15) is 66.8 Å². The SMILES string of the molecule is N#CC12CC(C(=O)N[C@@H]3CCCC[C@H]3N3Cc4ccc(-c5noc(C(F)(F)F)n5)cc4C3=O)(C1)C2. The Morgan fingerprint density at radius 1 is 1.23 bits per heavy atom. The van der Waals surface area contributed by atoms with E-state index in [1.54, 1.807) is 17.0 Å². The van der Waals surface area contributed by atoms with E-state index in [9.17, 15) is 28.0 Å². The number of alkyl halides is 3. The lowest BCUT2D eigenvalue weighted by atomic mass is 9.35. The van der Waals surface area contributed by atoms with E-state index in [4.69, 9.17) is 0 Å². The van der Waals surface area contributed by atoms with Crippen molar-refractivity contribution in [1.29, 1.82) is 5.26 Å². The highest BCUT2D eigenvalue weighted by molar-refractivity contribution is 5.99. The predicted molar refractivity (Wildman–Crippen MR) is 113 cm³/mol. The number of aromatic nitrogens is 2. The average Bonchev–Trinajstić information content (AvgIpc) is 3.38. The molecular formula is C24H22F3N5O3. The maximum Gasteiger partial charge on any atom is 0.471 e. The van der Waals surface area contributed by atoms with Crippen LogP contribution in [0.15, 0.2) is 22.7 Å². The number of halogens is 3. The van der Waals surface area contributed by atoms with Crippen molar-refractivity contribution in [3.05, 3.63) is 35.2 Å². The highest BCUT2D eigenvalue weighted by Crippen LogP contribution is 2.73. The number of hydrogen-bond acceptors (Lipinski definition) is 6. The van der Waals surface area contributed by atoms with E-state index in [0.29, 0.717) is 31.4 Å². The Labute approximate surface area is 198 Å². The van der Waals surface area contributed by atoms with Crippen molar-refractivity contribution in [2.45, 2.75) is 69.8 Å². The summed E-state index contributed by atoms with van der Waals surface area (Å²) < 4.78 is 42.8. The van der Waals surface area contributed by atoms with Gasteiger partial charge < -0.3 is 14.7 Å². The third-order valence-electron chi connectivity index (χ3n) is 8.06. The molecule has 4 aliphatic carbocycles. The van der Waals surface area contributed by atoms with Gasteiger partial charge in [-0.1, -0.05) is 30.1 Å². The Balaban J connectivity index is 1.19. The first-order valence-corrected chi connectivity index (χ1v) is 11.7. The average molecular weight is 485 g/mol. The molecule has 1 aliphatic heterocycles. The van der Waals surface area contributed by atoms with E-state index in [0.717, 1.165) is 31.2 Å². The Morgan fingerprint density at radius 2 is 1.97 bits per heavy atom. The Hall–Kier alpha value is -3.42. The number of rotatable bonds is 4. The summed E-state index contributed by atoms with van der Waals surface area (Å²) in [5.74, 6) is -1.91. The molecule has 182 valence electrons. The van der Waals surface area contributed by atoms with Crippen molar-refractivity contribution in [3.8, 4) is 17.5 Å². The first kappa shape index (κ1) is 22.1. The van der Waals surface area contributed by atoms with Crippen LogP contribution in [0.3, 0.4) is 0 Å². The van der Waals surface area contributed by atoms with Crippen LogP contribution in [0.25, 0.3) is 11.4 Å². The van der Waals surface area contributed by atoms with Gasteiger partial charge in [0.15, 0.2) is 0 Å². The molecule has 2 heterocycles. The van der Waals surface area contributed by atoms with Gasteiger partial charge >= 0.3 is 12.1 Å². The van der Waals surface area contributed by atoms with E-state index < -0.39 is 17.5 Å². The van der Waals surface area contributed by atoms with Crippen molar-refractivity contribution < 1.29 is 27.3 Å². The number of nitrogens with zero attached hydrogens (tertiary/aromatic N) is 4. The van der Waals surface area contributed by atoms with E-state index >= 15 is 0 Å². The van der Waals surface area contributed by atoms with E-state index in [2.05, 4.69) is 26.0 Å². The number of amides is 2. The van der Waals surface area contributed by atoms with Crippen LogP contribution in [0.5, 0.6) is 0 Å². The highest BCUT2D eigenvalue weighted by atomic mass is 19.4. The first-order chi connectivity index (χ1) is 16.6. The lowest BCUT2D eigenvalue weighted by molar-refractivity contribution is -0.186. The summed E-state index contributed by atoms with van der Waals surface area (Å²) >= 11 is 0. The molecule has 1 aromatic heterocycles. The first-order valence-electron chi connectivity index (χ1n) is 11.7. The van der Waals surface area contributed by atoms with Gasteiger partial charge in [0.05, 0.1) is 22.9 Å². The summed E-state index contributed by atoms with van der Waals surface area (Å²) in [6.45, 7) is 0.369. The predicted octanol–water partition coefficient (Wildman–Crippen LogP) is 3.83. The fraction of sp³-hybridized carbons (Fsp3) is 0.542. The second-order valence-electron chi connectivity index (χ2n) is 10.4. The van der Waals surface area contributed by atoms with E-state index in [1.807, 2.05) is 0 Å². The van der Waals surface area contributed by atoms with Gasteiger partial charge in [-0.2, -0.15) is 23.4 Å². The Kier molecular flexibility index (Phi) is 4.60. The molecule has 11 heteroatoms. The molecule has 0 unspecified atom stereocenters. The van der Waals surface area contributed by atoms with Crippen molar-refractivity contribution in [3.63, 3.8) is 0 Å². The number of carbonyl (C=O) groups is 2. The largest absolute Gasteiger partial charge is 0.471 e. The third kappa shape index (κ3) is 3.33. The molecule has 4 fully saturated rings. The number of nitrogens with one attached hydrogen (secondary N) is 1. The van der Waals surface area contributed by atoms with Gasteiger partial charge in [-0.3, -0.25) is 9.59 Å². The molecule has 7 rings (SSSR count). The smallest absolute Gasteiger partial charge is 0.351 e. The van der Waals surface area contributed by atoms with Crippen molar-refractivity contribution in [1.82, 2.24) is 20.4 Å². The Morgan fingerprint density at radius 3 is 2.66 bits per heavy atom. The zero-order valence-electron chi connectivity index (χ0n) is 18.7. The van der Waals surface area contributed by atoms with Crippen molar-refractivity contribution in [2.75, 3.05) is 0 Å². The maximum absolute atomic E-state index is 13.4. The Bertz CT molecular complexity index is 1260. The summed E-state index contributed by atoms with van der Waals surface area (Å²) in [7, 11) is 0. The van der Waals surface area contributed by atoms with Crippen LogP contribution in [0.2, 0.25) is 0 Å². The molecule has 35 heavy (non-hydrogen) atoms. The van der Waals surface area contributed by atoms with E-state index in [-0.39, 0.29) is 40.7 Å². The molecule has 0 radical (unpaired) electrons. The van der Waals surface area contributed by atoms with Crippen LogP contribution in [0.4, 0.5) is 13.2 Å². The molecule has 2 aromatic rings. The zero-order valence-corrected chi connectivity index (χ0v) is 18.7. The second-order valence-corrected chi connectivity index (χ2v) is 10.4. The molecular weight excluding hydrogens is 463 g/mol. The molecule has 2 bridgehead atoms. The van der Waals surface area contributed by atoms with Crippen LogP contribution in [-0.2, 0) is 17.5 Å².